The summed E-state index contributed by atoms with van der Waals surface area (Å²) in [4.78, 5) is 0. The topological polar surface area (TPSA) is 30.9 Å². The van der Waals surface area contributed by atoms with Crippen LogP contribution in [0.25, 0.3) is 6.08 Å². The molecule has 2 aromatic rings. The zero-order chi connectivity index (χ0) is 10.7. The SMILES string of the molecule is C=Cc1ccn(Cc2ccccc2)c1N. The Morgan fingerprint density at radius 3 is 2.53 bits per heavy atom. The van der Waals surface area contributed by atoms with Gasteiger partial charge in [-0.1, -0.05) is 43.0 Å². The van der Waals surface area contributed by atoms with E-state index in [4.69, 9.17) is 5.73 Å². The lowest BCUT2D eigenvalue weighted by Crippen LogP contribution is -2.03. The highest BCUT2D eigenvalue weighted by atomic mass is 15.0. The number of anilines is 1. The molecule has 76 valence electrons. The van der Waals surface area contributed by atoms with Crippen molar-refractivity contribution in [3.8, 4) is 0 Å². The van der Waals surface area contributed by atoms with Crippen molar-refractivity contribution in [2.24, 2.45) is 0 Å². The third-order valence-corrected chi connectivity index (χ3v) is 2.45. The minimum Gasteiger partial charge on any atom is -0.385 e. The second kappa shape index (κ2) is 4.05. The van der Waals surface area contributed by atoms with Crippen molar-refractivity contribution in [1.29, 1.82) is 0 Å². The van der Waals surface area contributed by atoms with Gasteiger partial charge in [0.1, 0.15) is 5.82 Å². The Hall–Kier alpha value is -1.96. The first-order valence-electron chi connectivity index (χ1n) is 4.92. The smallest absolute Gasteiger partial charge is 0.110 e. The van der Waals surface area contributed by atoms with Gasteiger partial charge in [-0.2, -0.15) is 0 Å². The van der Waals surface area contributed by atoms with Crippen molar-refractivity contribution in [3.63, 3.8) is 0 Å². The van der Waals surface area contributed by atoms with Crippen molar-refractivity contribution in [2.45, 2.75) is 6.54 Å². The van der Waals surface area contributed by atoms with Crippen molar-refractivity contribution < 1.29 is 0 Å². The standard InChI is InChI=1S/C13H14N2/c1-2-12-8-9-15(13(12)14)10-11-6-4-3-5-7-11/h2-9H,1,10,14H2. The van der Waals surface area contributed by atoms with Gasteiger partial charge in [0.2, 0.25) is 0 Å². The van der Waals surface area contributed by atoms with E-state index in [1.54, 1.807) is 6.08 Å². The van der Waals surface area contributed by atoms with Crippen molar-refractivity contribution in [2.75, 3.05) is 5.73 Å². The molecule has 0 unspecified atom stereocenters. The molecule has 0 bridgehead atoms. The van der Waals surface area contributed by atoms with Gasteiger partial charge >= 0.3 is 0 Å². The highest BCUT2D eigenvalue weighted by Crippen LogP contribution is 2.16. The molecule has 1 aromatic carbocycles. The number of nitrogens with two attached hydrogens (primary N) is 1. The number of aromatic nitrogens is 1. The first-order chi connectivity index (χ1) is 7.31. The van der Waals surface area contributed by atoms with E-state index in [1.165, 1.54) is 5.56 Å². The molecule has 15 heavy (non-hydrogen) atoms. The van der Waals surface area contributed by atoms with E-state index >= 15 is 0 Å². The summed E-state index contributed by atoms with van der Waals surface area (Å²) in [6, 6.07) is 12.2. The maximum absolute atomic E-state index is 5.95. The molecule has 0 aliphatic heterocycles. The summed E-state index contributed by atoms with van der Waals surface area (Å²) in [7, 11) is 0. The van der Waals surface area contributed by atoms with E-state index in [-0.39, 0.29) is 0 Å². The Morgan fingerprint density at radius 2 is 1.93 bits per heavy atom. The molecule has 1 heterocycles. The molecule has 2 nitrogen and oxygen atoms in total. The van der Waals surface area contributed by atoms with E-state index in [2.05, 4.69) is 18.7 Å². The van der Waals surface area contributed by atoms with Crippen LogP contribution in [0.2, 0.25) is 0 Å². The summed E-state index contributed by atoms with van der Waals surface area (Å²) in [6.07, 6.45) is 3.76. The molecule has 0 radical (unpaired) electrons. The lowest BCUT2D eigenvalue weighted by Gasteiger charge is -2.06. The van der Waals surface area contributed by atoms with Crippen LogP contribution >= 0.6 is 0 Å². The van der Waals surface area contributed by atoms with Crippen LogP contribution in [0.15, 0.2) is 49.2 Å². The summed E-state index contributed by atoms with van der Waals surface area (Å²) in [5, 5.41) is 0. The highest BCUT2D eigenvalue weighted by molar-refractivity contribution is 5.60. The largest absolute Gasteiger partial charge is 0.385 e. The maximum atomic E-state index is 5.95. The number of benzene rings is 1. The highest BCUT2D eigenvalue weighted by Gasteiger charge is 2.02. The van der Waals surface area contributed by atoms with Crippen LogP contribution < -0.4 is 5.73 Å². The van der Waals surface area contributed by atoms with Crippen molar-refractivity contribution >= 4 is 11.9 Å². The lowest BCUT2D eigenvalue weighted by atomic mass is 10.2. The fraction of sp³-hybridized carbons (Fsp3) is 0.0769. The number of hydrogen-bond donors (Lipinski definition) is 1. The summed E-state index contributed by atoms with van der Waals surface area (Å²) >= 11 is 0. The molecule has 0 fully saturated rings. The van der Waals surface area contributed by atoms with Crippen LogP contribution in [-0.2, 0) is 6.54 Å². The summed E-state index contributed by atoms with van der Waals surface area (Å²) in [6.45, 7) is 4.52. The first-order valence-corrected chi connectivity index (χ1v) is 4.92. The lowest BCUT2D eigenvalue weighted by molar-refractivity contribution is 0.817. The molecule has 0 saturated heterocycles. The molecule has 0 aliphatic rings. The van der Waals surface area contributed by atoms with Gasteiger partial charge in [0, 0.05) is 18.3 Å². The second-order valence-corrected chi connectivity index (χ2v) is 3.47. The van der Waals surface area contributed by atoms with Gasteiger partial charge in [-0.15, -0.1) is 0 Å². The second-order valence-electron chi connectivity index (χ2n) is 3.47. The predicted molar refractivity (Wildman–Crippen MR) is 64.5 cm³/mol. The van der Waals surface area contributed by atoms with E-state index in [9.17, 15) is 0 Å². The normalized spacial score (nSPS) is 10.1. The third-order valence-electron chi connectivity index (χ3n) is 2.45. The molecule has 2 heteroatoms. The van der Waals surface area contributed by atoms with E-state index in [0.717, 1.165) is 17.9 Å². The zero-order valence-electron chi connectivity index (χ0n) is 8.56. The summed E-state index contributed by atoms with van der Waals surface area (Å²) in [5.41, 5.74) is 8.19. The summed E-state index contributed by atoms with van der Waals surface area (Å²) < 4.78 is 2.02. The Kier molecular flexibility index (Phi) is 2.59. The third kappa shape index (κ3) is 1.94. The number of rotatable bonds is 3. The van der Waals surface area contributed by atoms with E-state index in [1.807, 2.05) is 35.0 Å². The summed E-state index contributed by atoms with van der Waals surface area (Å²) in [5.74, 6) is 0.772. The van der Waals surface area contributed by atoms with Gasteiger partial charge in [-0.3, -0.25) is 0 Å². The van der Waals surface area contributed by atoms with Gasteiger partial charge in [0.05, 0.1) is 0 Å². The van der Waals surface area contributed by atoms with Crippen molar-refractivity contribution in [3.05, 3.63) is 60.3 Å². The molecule has 1 aromatic heterocycles. The van der Waals surface area contributed by atoms with Gasteiger partial charge in [0.25, 0.3) is 0 Å². The molecular weight excluding hydrogens is 184 g/mol. The number of nitrogen functional groups attached to an aromatic ring is 1. The molecule has 0 spiro atoms. The van der Waals surface area contributed by atoms with Crippen LogP contribution in [-0.4, -0.2) is 4.57 Å². The Bertz CT molecular complexity index is 455. The predicted octanol–water partition coefficient (Wildman–Crippen LogP) is 2.76. The van der Waals surface area contributed by atoms with Gasteiger partial charge < -0.3 is 10.3 Å². The Balaban J connectivity index is 2.25. The van der Waals surface area contributed by atoms with Crippen LogP contribution in [0.3, 0.4) is 0 Å². The minimum atomic E-state index is 0.772. The fourth-order valence-corrected chi connectivity index (χ4v) is 1.59. The quantitative estimate of drug-likeness (QED) is 0.807. The van der Waals surface area contributed by atoms with Crippen LogP contribution in [0.5, 0.6) is 0 Å². The van der Waals surface area contributed by atoms with Crippen LogP contribution in [0.1, 0.15) is 11.1 Å². The average molecular weight is 198 g/mol. The molecular formula is C13H14N2. The van der Waals surface area contributed by atoms with E-state index in [0.29, 0.717) is 0 Å². The Labute approximate surface area is 89.7 Å². The molecule has 0 aliphatic carbocycles. The maximum Gasteiger partial charge on any atom is 0.110 e. The number of hydrogen-bond acceptors (Lipinski definition) is 1. The Morgan fingerprint density at radius 1 is 1.20 bits per heavy atom. The molecule has 0 saturated carbocycles. The average Bonchev–Trinajstić information content (AvgIpc) is 2.62. The van der Waals surface area contributed by atoms with Crippen molar-refractivity contribution in [1.82, 2.24) is 4.57 Å². The fourth-order valence-electron chi connectivity index (χ4n) is 1.59. The first kappa shape index (κ1) is 9.59. The van der Waals surface area contributed by atoms with Crippen LogP contribution in [0.4, 0.5) is 5.82 Å². The zero-order valence-corrected chi connectivity index (χ0v) is 8.56. The van der Waals surface area contributed by atoms with E-state index < -0.39 is 0 Å². The monoisotopic (exact) mass is 198 g/mol. The minimum absolute atomic E-state index is 0.772. The number of nitrogens with zero attached hydrogens (tertiary/aromatic N) is 1. The molecule has 2 rings (SSSR count). The van der Waals surface area contributed by atoms with Gasteiger partial charge in [-0.05, 0) is 11.6 Å². The molecule has 0 atom stereocenters. The molecule has 0 amide bonds. The molecule has 2 N–H and O–H groups in total. The van der Waals surface area contributed by atoms with Gasteiger partial charge in [0.15, 0.2) is 0 Å². The van der Waals surface area contributed by atoms with Crippen LogP contribution in [0, 0.1) is 0 Å². The van der Waals surface area contributed by atoms with Gasteiger partial charge in [-0.25, -0.2) is 0 Å².